The Balaban J connectivity index is 1.35. The van der Waals surface area contributed by atoms with Crippen LogP contribution in [0, 0.1) is 18.6 Å². The summed E-state index contributed by atoms with van der Waals surface area (Å²) in [7, 11) is 0. The van der Waals surface area contributed by atoms with E-state index < -0.39 is 11.6 Å². The Morgan fingerprint density at radius 2 is 1.94 bits per heavy atom. The van der Waals surface area contributed by atoms with E-state index in [1.165, 1.54) is 12.1 Å². The predicted molar refractivity (Wildman–Crippen MR) is 119 cm³/mol. The number of anilines is 2. The van der Waals surface area contributed by atoms with Crippen molar-refractivity contribution in [2.75, 3.05) is 49.6 Å². The number of aromatic nitrogens is 3. The Bertz CT molecular complexity index is 1110. The molecule has 2 aliphatic heterocycles. The summed E-state index contributed by atoms with van der Waals surface area (Å²) in [6.07, 6.45) is 2.69. The van der Waals surface area contributed by atoms with Gasteiger partial charge in [0.15, 0.2) is 11.6 Å². The van der Waals surface area contributed by atoms with Gasteiger partial charge in [0.05, 0.1) is 24.4 Å². The molecule has 168 valence electrons. The summed E-state index contributed by atoms with van der Waals surface area (Å²) >= 11 is 0. The Morgan fingerprint density at radius 3 is 2.69 bits per heavy atom. The van der Waals surface area contributed by atoms with Crippen LogP contribution in [0.1, 0.15) is 17.7 Å². The van der Waals surface area contributed by atoms with Crippen molar-refractivity contribution < 1.29 is 13.5 Å². The molecule has 4 heterocycles. The average Bonchev–Trinajstić information content (AvgIpc) is 3.29. The molecule has 0 radical (unpaired) electrons. The van der Waals surface area contributed by atoms with Crippen molar-refractivity contribution in [1.29, 1.82) is 0 Å². The number of aryl methyl sites for hydroxylation is 1. The number of halogens is 2. The zero-order valence-electron chi connectivity index (χ0n) is 18.0. The maximum Gasteiger partial charge on any atom is 0.172 e. The van der Waals surface area contributed by atoms with Gasteiger partial charge in [0, 0.05) is 56.7 Å². The molecule has 9 heteroatoms. The van der Waals surface area contributed by atoms with Gasteiger partial charge in [-0.2, -0.15) is 0 Å². The van der Waals surface area contributed by atoms with Crippen molar-refractivity contribution in [3.8, 4) is 0 Å². The number of benzene rings is 1. The van der Waals surface area contributed by atoms with Gasteiger partial charge in [-0.15, -0.1) is 0 Å². The van der Waals surface area contributed by atoms with Crippen LogP contribution in [0.2, 0.25) is 0 Å². The van der Waals surface area contributed by atoms with Crippen molar-refractivity contribution >= 4 is 22.7 Å². The zero-order valence-corrected chi connectivity index (χ0v) is 18.0. The van der Waals surface area contributed by atoms with Crippen molar-refractivity contribution in [2.45, 2.75) is 25.9 Å². The first-order chi connectivity index (χ1) is 15.5. The Hall–Kier alpha value is -2.91. The second kappa shape index (κ2) is 8.91. The maximum atomic E-state index is 14.1. The summed E-state index contributed by atoms with van der Waals surface area (Å²) in [4.78, 5) is 18.5. The highest BCUT2D eigenvalue weighted by Gasteiger charge is 2.25. The number of pyridine rings is 1. The third-order valence-electron chi connectivity index (χ3n) is 6.02. The van der Waals surface area contributed by atoms with Crippen molar-refractivity contribution in [3.05, 3.63) is 53.4 Å². The van der Waals surface area contributed by atoms with Gasteiger partial charge in [-0.25, -0.2) is 18.7 Å². The zero-order chi connectivity index (χ0) is 22.1. The van der Waals surface area contributed by atoms with Crippen LogP contribution >= 0.6 is 0 Å². The molecule has 2 aliphatic rings. The lowest BCUT2D eigenvalue weighted by Crippen LogP contribution is -2.46. The van der Waals surface area contributed by atoms with Crippen LogP contribution in [-0.2, 0) is 11.3 Å². The Morgan fingerprint density at radius 1 is 1.09 bits per heavy atom. The molecule has 1 N–H and O–H groups in total. The minimum Gasteiger partial charge on any atom is -0.379 e. The lowest BCUT2D eigenvalue weighted by atomic mass is 10.1. The van der Waals surface area contributed by atoms with Gasteiger partial charge >= 0.3 is 0 Å². The second-order valence-corrected chi connectivity index (χ2v) is 8.41. The van der Waals surface area contributed by atoms with Gasteiger partial charge in [-0.05, 0) is 25.5 Å². The largest absolute Gasteiger partial charge is 0.379 e. The number of hydrogen-bond acceptors (Lipinski definition) is 7. The smallest absolute Gasteiger partial charge is 0.172 e. The topological polar surface area (TPSA) is 66.4 Å². The fraction of sp³-hybridized carbons (Fsp3) is 0.435. The molecule has 0 aliphatic carbocycles. The normalized spacial score (nSPS) is 19.6. The standard InChI is InChI=1S/C23H26F2N6O/c1-15-10-20-21(12-26-15)28-22(27-18-4-9-32-14-18)23(29-20)31-7-5-30(6-8-31)13-16-2-3-17(24)11-19(16)25/h2-3,10-12,18H,4-9,13-14H2,1H3,(H,27,28). The summed E-state index contributed by atoms with van der Waals surface area (Å²) in [5.41, 5.74) is 2.98. The monoisotopic (exact) mass is 440 g/mol. The van der Waals surface area contributed by atoms with Crippen LogP contribution in [0.25, 0.3) is 11.0 Å². The van der Waals surface area contributed by atoms with Gasteiger partial charge in [-0.1, -0.05) is 6.07 Å². The molecule has 0 bridgehead atoms. The number of fused-ring (bicyclic) bond motifs is 1. The maximum absolute atomic E-state index is 14.1. The van der Waals surface area contributed by atoms with Crippen LogP contribution in [0.15, 0.2) is 30.5 Å². The fourth-order valence-corrected chi connectivity index (χ4v) is 4.22. The molecule has 0 amide bonds. The molecular formula is C23H26F2N6O. The van der Waals surface area contributed by atoms with E-state index in [2.05, 4.69) is 20.1 Å². The van der Waals surface area contributed by atoms with E-state index in [4.69, 9.17) is 14.7 Å². The highest BCUT2D eigenvalue weighted by atomic mass is 19.1. The van der Waals surface area contributed by atoms with Gasteiger partial charge < -0.3 is 15.0 Å². The summed E-state index contributed by atoms with van der Waals surface area (Å²) in [6, 6.07) is 5.93. The number of nitrogens with zero attached hydrogens (tertiary/aromatic N) is 5. The first kappa shape index (κ1) is 21.0. The number of rotatable bonds is 5. The highest BCUT2D eigenvalue weighted by Crippen LogP contribution is 2.28. The molecule has 3 aromatic rings. The third-order valence-corrected chi connectivity index (χ3v) is 6.02. The van der Waals surface area contributed by atoms with Crippen molar-refractivity contribution in [2.24, 2.45) is 0 Å². The molecule has 0 saturated carbocycles. The Labute approximate surface area is 185 Å². The average molecular weight is 440 g/mol. The molecule has 32 heavy (non-hydrogen) atoms. The lowest BCUT2D eigenvalue weighted by Gasteiger charge is -2.36. The first-order valence-electron chi connectivity index (χ1n) is 10.9. The number of ether oxygens (including phenoxy) is 1. The van der Waals surface area contributed by atoms with Crippen molar-refractivity contribution in [1.82, 2.24) is 19.9 Å². The predicted octanol–water partition coefficient (Wildman–Crippen LogP) is 3.13. The van der Waals surface area contributed by atoms with Gasteiger partial charge in [0.2, 0.25) is 0 Å². The first-order valence-corrected chi connectivity index (χ1v) is 10.9. The highest BCUT2D eigenvalue weighted by molar-refractivity contribution is 5.80. The lowest BCUT2D eigenvalue weighted by molar-refractivity contribution is 0.195. The second-order valence-electron chi connectivity index (χ2n) is 8.41. The third kappa shape index (κ3) is 4.49. The van der Waals surface area contributed by atoms with E-state index in [9.17, 15) is 8.78 Å². The molecule has 5 rings (SSSR count). The summed E-state index contributed by atoms with van der Waals surface area (Å²) in [5.74, 6) is 0.519. The van der Waals surface area contributed by atoms with Crippen molar-refractivity contribution in [3.63, 3.8) is 0 Å². The molecule has 1 atom stereocenters. The van der Waals surface area contributed by atoms with E-state index in [1.807, 2.05) is 13.0 Å². The number of piperazine rings is 1. The van der Waals surface area contributed by atoms with Crippen LogP contribution in [0.3, 0.4) is 0 Å². The van der Waals surface area contributed by atoms with E-state index in [0.717, 1.165) is 73.6 Å². The summed E-state index contributed by atoms with van der Waals surface area (Å²) in [5, 5.41) is 3.51. The molecular weight excluding hydrogens is 414 g/mol. The minimum absolute atomic E-state index is 0.210. The van der Waals surface area contributed by atoms with Crippen LogP contribution in [0.5, 0.6) is 0 Å². The van der Waals surface area contributed by atoms with Gasteiger partial charge in [-0.3, -0.25) is 9.88 Å². The molecule has 2 fully saturated rings. The number of hydrogen-bond donors (Lipinski definition) is 1. The fourth-order valence-electron chi connectivity index (χ4n) is 4.22. The number of nitrogens with one attached hydrogen (secondary N) is 1. The SMILES string of the molecule is Cc1cc2nc(N3CCN(Cc4ccc(F)cc4F)CC3)c(NC3CCOC3)nc2cn1. The molecule has 2 aromatic heterocycles. The van der Waals surface area contributed by atoms with E-state index >= 15 is 0 Å². The molecule has 2 saturated heterocycles. The van der Waals surface area contributed by atoms with Crippen LogP contribution in [-0.4, -0.2) is 65.3 Å². The van der Waals surface area contributed by atoms with Crippen LogP contribution in [0.4, 0.5) is 20.4 Å². The Kier molecular flexibility index (Phi) is 5.84. The van der Waals surface area contributed by atoms with E-state index in [-0.39, 0.29) is 6.04 Å². The summed E-state index contributed by atoms with van der Waals surface area (Å²) in [6.45, 7) is 6.77. The van der Waals surface area contributed by atoms with Crippen LogP contribution < -0.4 is 10.2 Å². The molecule has 0 spiro atoms. The minimum atomic E-state index is -0.552. The van der Waals surface area contributed by atoms with E-state index in [0.29, 0.717) is 18.7 Å². The van der Waals surface area contributed by atoms with Gasteiger partial charge in [0.1, 0.15) is 17.2 Å². The summed E-state index contributed by atoms with van der Waals surface area (Å²) < 4.78 is 32.8. The quantitative estimate of drug-likeness (QED) is 0.654. The van der Waals surface area contributed by atoms with E-state index in [1.54, 1.807) is 6.20 Å². The molecule has 1 aromatic carbocycles. The molecule has 7 nitrogen and oxygen atoms in total. The molecule has 1 unspecified atom stereocenters. The van der Waals surface area contributed by atoms with Gasteiger partial charge in [0.25, 0.3) is 0 Å².